The van der Waals surface area contributed by atoms with Crippen LogP contribution in [0.25, 0.3) is 11.3 Å². The fourth-order valence-corrected chi connectivity index (χ4v) is 3.87. The van der Waals surface area contributed by atoms with Gasteiger partial charge in [0.25, 0.3) is 5.91 Å². The highest BCUT2D eigenvalue weighted by Gasteiger charge is 2.21. The molecule has 23 heavy (non-hydrogen) atoms. The number of fused-ring (bicyclic) bond motifs is 3. The van der Waals surface area contributed by atoms with Crippen LogP contribution in [0, 0.1) is 0 Å². The van der Waals surface area contributed by atoms with Crippen LogP contribution >= 0.6 is 22.9 Å². The first-order chi connectivity index (χ1) is 11.2. The van der Waals surface area contributed by atoms with E-state index in [1.165, 1.54) is 16.0 Å². The number of carbonyl (C=O) groups excluding carboxylic acids is 1. The molecule has 5 heteroatoms. The summed E-state index contributed by atoms with van der Waals surface area (Å²) in [6, 6.07) is 15.2. The fourth-order valence-electron chi connectivity index (χ4n) is 2.77. The van der Waals surface area contributed by atoms with Gasteiger partial charge in [-0.2, -0.15) is 0 Å². The van der Waals surface area contributed by atoms with Crippen LogP contribution in [0.2, 0.25) is 5.02 Å². The zero-order chi connectivity index (χ0) is 15.8. The number of nitrogens with one attached hydrogen (secondary N) is 1. The van der Waals surface area contributed by atoms with Crippen molar-refractivity contribution >= 4 is 34.0 Å². The number of benzene rings is 2. The van der Waals surface area contributed by atoms with E-state index in [4.69, 9.17) is 11.6 Å². The maximum absolute atomic E-state index is 12.3. The van der Waals surface area contributed by atoms with Crippen LogP contribution in [0.1, 0.15) is 20.8 Å². The van der Waals surface area contributed by atoms with Gasteiger partial charge in [-0.05, 0) is 42.7 Å². The number of hydrogen-bond donors (Lipinski definition) is 1. The Bertz CT molecular complexity index is 886. The van der Waals surface area contributed by atoms with Crippen molar-refractivity contribution in [2.75, 3.05) is 5.32 Å². The fraction of sp³-hybridized carbons (Fsp3) is 0.111. The van der Waals surface area contributed by atoms with Gasteiger partial charge in [0, 0.05) is 21.0 Å². The van der Waals surface area contributed by atoms with Crippen molar-refractivity contribution in [1.29, 1.82) is 0 Å². The van der Waals surface area contributed by atoms with Crippen molar-refractivity contribution in [3.05, 3.63) is 69.6 Å². The van der Waals surface area contributed by atoms with Crippen LogP contribution in [-0.2, 0) is 12.8 Å². The normalized spacial score (nSPS) is 12.4. The lowest BCUT2D eigenvalue weighted by molar-refractivity contribution is 0.102. The first kappa shape index (κ1) is 14.4. The molecule has 1 heterocycles. The Balaban J connectivity index is 1.62. The highest BCUT2D eigenvalue weighted by atomic mass is 35.5. The van der Waals surface area contributed by atoms with E-state index in [-0.39, 0.29) is 5.91 Å². The van der Waals surface area contributed by atoms with Crippen molar-refractivity contribution in [1.82, 2.24) is 4.98 Å². The minimum Gasteiger partial charge on any atom is -0.298 e. The topological polar surface area (TPSA) is 42.0 Å². The van der Waals surface area contributed by atoms with Gasteiger partial charge in [-0.1, -0.05) is 35.9 Å². The van der Waals surface area contributed by atoms with Gasteiger partial charge in [-0.15, -0.1) is 11.3 Å². The summed E-state index contributed by atoms with van der Waals surface area (Å²) in [5.74, 6) is -0.166. The third-order valence-corrected chi connectivity index (χ3v) is 5.20. The van der Waals surface area contributed by atoms with E-state index in [0.717, 1.165) is 18.5 Å². The van der Waals surface area contributed by atoms with Gasteiger partial charge in [0.05, 0.1) is 5.69 Å². The summed E-state index contributed by atoms with van der Waals surface area (Å²) in [5, 5.41) is 4.15. The molecule has 0 spiro atoms. The molecular formula is C18H13ClN2OS. The highest BCUT2D eigenvalue weighted by Crippen LogP contribution is 2.38. The largest absolute Gasteiger partial charge is 0.298 e. The van der Waals surface area contributed by atoms with Crippen molar-refractivity contribution in [2.45, 2.75) is 12.8 Å². The molecule has 114 valence electrons. The summed E-state index contributed by atoms with van der Waals surface area (Å²) in [5.41, 5.74) is 4.07. The van der Waals surface area contributed by atoms with Crippen LogP contribution < -0.4 is 5.32 Å². The lowest BCUT2D eigenvalue weighted by atomic mass is 9.94. The van der Waals surface area contributed by atoms with Gasteiger partial charge in [-0.3, -0.25) is 10.1 Å². The molecule has 0 unspecified atom stereocenters. The molecule has 1 amide bonds. The van der Waals surface area contributed by atoms with Crippen LogP contribution in [-0.4, -0.2) is 10.9 Å². The molecule has 0 fully saturated rings. The second-order valence-corrected chi connectivity index (χ2v) is 6.93. The molecule has 1 aliphatic rings. The quantitative estimate of drug-likeness (QED) is 0.727. The molecule has 1 N–H and O–H groups in total. The van der Waals surface area contributed by atoms with E-state index in [1.807, 2.05) is 6.07 Å². The summed E-state index contributed by atoms with van der Waals surface area (Å²) in [7, 11) is 0. The first-order valence-electron chi connectivity index (χ1n) is 7.35. The molecule has 0 saturated carbocycles. The molecule has 1 aromatic heterocycles. The number of halogens is 1. The number of aromatic nitrogens is 1. The number of nitrogens with zero attached hydrogens (tertiary/aromatic N) is 1. The Morgan fingerprint density at radius 2 is 1.87 bits per heavy atom. The van der Waals surface area contributed by atoms with E-state index < -0.39 is 0 Å². The number of anilines is 1. The maximum Gasteiger partial charge on any atom is 0.257 e. The van der Waals surface area contributed by atoms with E-state index in [9.17, 15) is 4.79 Å². The molecule has 0 saturated heterocycles. The van der Waals surface area contributed by atoms with Crippen molar-refractivity contribution < 1.29 is 4.79 Å². The van der Waals surface area contributed by atoms with E-state index >= 15 is 0 Å². The van der Waals surface area contributed by atoms with Gasteiger partial charge in [0.15, 0.2) is 5.13 Å². The Hall–Kier alpha value is -2.17. The smallest absolute Gasteiger partial charge is 0.257 e. The zero-order valence-corrected chi connectivity index (χ0v) is 13.7. The monoisotopic (exact) mass is 340 g/mol. The number of rotatable bonds is 2. The number of aryl methyl sites for hydroxylation is 2. The van der Waals surface area contributed by atoms with Gasteiger partial charge < -0.3 is 0 Å². The lowest BCUT2D eigenvalue weighted by Gasteiger charge is -2.13. The first-order valence-corrected chi connectivity index (χ1v) is 8.55. The third-order valence-electron chi connectivity index (χ3n) is 3.92. The average molecular weight is 341 g/mol. The molecule has 3 aromatic rings. The van der Waals surface area contributed by atoms with Crippen molar-refractivity contribution in [2.24, 2.45) is 0 Å². The van der Waals surface area contributed by atoms with Gasteiger partial charge in [0.2, 0.25) is 0 Å². The number of amides is 1. The van der Waals surface area contributed by atoms with Crippen LogP contribution in [0.15, 0.2) is 48.5 Å². The van der Waals surface area contributed by atoms with Gasteiger partial charge in [0.1, 0.15) is 0 Å². The molecule has 0 radical (unpaired) electrons. The van der Waals surface area contributed by atoms with E-state index in [1.54, 1.807) is 35.6 Å². The predicted octanol–water partition coefficient (Wildman–Crippen LogP) is 4.81. The number of carbonyl (C=O) groups is 1. The lowest BCUT2D eigenvalue weighted by Crippen LogP contribution is -2.11. The summed E-state index contributed by atoms with van der Waals surface area (Å²) in [4.78, 5) is 18.2. The van der Waals surface area contributed by atoms with E-state index in [2.05, 4.69) is 28.5 Å². The van der Waals surface area contributed by atoms with Crippen LogP contribution in [0.3, 0.4) is 0 Å². The Kier molecular flexibility index (Phi) is 3.63. The van der Waals surface area contributed by atoms with Gasteiger partial charge in [-0.25, -0.2) is 4.98 Å². The molecule has 3 nitrogen and oxygen atoms in total. The molecule has 0 atom stereocenters. The minimum atomic E-state index is -0.166. The Labute approximate surface area is 143 Å². The standard InChI is InChI=1S/C18H13ClN2OS/c19-13-8-5-12(6-9-13)17(22)21-18-20-16-14-4-2-1-3-11(14)7-10-15(16)23-18/h1-6,8-9H,7,10H2,(H,20,21,22). The Morgan fingerprint density at radius 3 is 2.70 bits per heavy atom. The maximum atomic E-state index is 12.3. The van der Waals surface area contributed by atoms with Gasteiger partial charge >= 0.3 is 0 Å². The summed E-state index contributed by atoms with van der Waals surface area (Å²) < 4.78 is 0. The second-order valence-electron chi connectivity index (χ2n) is 5.41. The number of thiazole rings is 1. The molecular weight excluding hydrogens is 328 g/mol. The average Bonchev–Trinajstić information content (AvgIpc) is 2.98. The van der Waals surface area contributed by atoms with Crippen molar-refractivity contribution in [3.8, 4) is 11.3 Å². The summed E-state index contributed by atoms with van der Waals surface area (Å²) >= 11 is 7.41. The molecule has 0 aliphatic heterocycles. The number of hydrogen-bond acceptors (Lipinski definition) is 3. The highest BCUT2D eigenvalue weighted by molar-refractivity contribution is 7.16. The summed E-state index contributed by atoms with van der Waals surface area (Å²) in [6.07, 6.45) is 2.00. The summed E-state index contributed by atoms with van der Waals surface area (Å²) in [6.45, 7) is 0. The molecule has 1 aliphatic carbocycles. The SMILES string of the molecule is O=C(Nc1nc2c(s1)CCc1ccccc1-2)c1ccc(Cl)cc1. The van der Waals surface area contributed by atoms with Crippen molar-refractivity contribution in [3.63, 3.8) is 0 Å². The molecule has 4 rings (SSSR count). The zero-order valence-electron chi connectivity index (χ0n) is 12.2. The third kappa shape index (κ3) is 2.76. The Morgan fingerprint density at radius 1 is 1.09 bits per heavy atom. The second kappa shape index (κ2) is 5.80. The van der Waals surface area contributed by atoms with E-state index in [0.29, 0.717) is 15.7 Å². The molecule has 0 bridgehead atoms. The van der Waals surface area contributed by atoms with Crippen LogP contribution in [0.4, 0.5) is 5.13 Å². The predicted molar refractivity (Wildman–Crippen MR) is 94.4 cm³/mol. The minimum absolute atomic E-state index is 0.166. The molecule has 2 aromatic carbocycles. The van der Waals surface area contributed by atoms with Crippen LogP contribution in [0.5, 0.6) is 0 Å².